The van der Waals surface area contributed by atoms with Crippen molar-refractivity contribution in [3.63, 3.8) is 0 Å². The number of benzene rings is 2. The molecule has 0 aliphatic carbocycles. The number of anilines is 2. The van der Waals surface area contributed by atoms with E-state index in [1.165, 1.54) is 6.07 Å². The first kappa shape index (κ1) is 17.1. The molecule has 1 heterocycles. The second-order valence-electron chi connectivity index (χ2n) is 5.67. The van der Waals surface area contributed by atoms with E-state index in [9.17, 15) is 8.42 Å². The van der Waals surface area contributed by atoms with Gasteiger partial charge in [0.05, 0.1) is 23.8 Å². The van der Waals surface area contributed by atoms with Crippen LogP contribution in [0.3, 0.4) is 0 Å². The van der Waals surface area contributed by atoms with E-state index >= 15 is 0 Å². The Hall–Kier alpha value is -1.76. The summed E-state index contributed by atoms with van der Waals surface area (Å²) in [7, 11) is -3.68. The standard InChI is InChI=1S/C17H19ClN2O3S/c1-13-5-6-16(12-17(13)18)24(21,22)19-14-3-2-4-15(11-14)20-7-9-23-10-8-20/h2-6,11-12,19H,7-10H2,1H3. The molecule has 0 unspecified atom stereocenters. The molecular weight excluding hydrogens is 348 g/mol. The SMILES string of the molecule is Cc1ccc(S(=O)(=O)Nc2cccc(N3CCOCC3)c2)cc1Cl. The highest BCUT2D eigenvalue weighted by molar-refractivity contribution is 7.92. The maximum atomic E-state index is 12.5. The van der Waals surface area contributed by atoms with Crippen molar-refractivity contribution in [2.45, 2.75) is 11.8 Å². The van der Waals surface area contributed by atoms with Crippen LogP contribution in [0.15, 0.2) is 47.4 Å². The van der Waals surface area contributed by atoms with Gasteiger partial charge in [-0.15, -0.1) is 0 Å². The van der Waals surface area contributed by atoms with Gasteiger partial charge < -0.3 is 9.64 Å². The number of hydrogen-bond donors (Lipinski definition) is 1. The van der Waals surface area contributed by atoms with Gasteiger partial charge in [-0.2, -0.15) is 0 Å². The Balaban J connectivity index is 1.83. The number of sulfonamides is 1. The predicted octanol–water partition coefficient (Wildman–Crippen LogP) is 3.29. The maximum absolute atomic E-state index is 12.5. The molecule has 0 atom stereocenters. The largest absolute Gasteiger partial charge is 0.378 e. The fraction of sp³-hybridized carbons (Fsp3) is 0.294. The zero-order valence-electron chi connectivity index (χ0n) is 13.3. The van der Waals surface area contributed by atoms with Crippen molar-refractivity contribution < 1.29 is 13.2 Å². The van der Waals surface area contributed by atoms with Crippen LogP contribution in [-0.2, 0) is 14.8 Å². The maximum Gasteiger partial charge on any atom is 0.261 e. The first-order valence-electron chi connectivity index (χ1n) is 7.67. The Morgan fingerprint density at radius 1 is 1.12 bits per heavy atom. The van der Waals surface area contributed by atoms with Crippen LogP contribution in [0.4, 0.5) is 11.4 Å². The molecule has 3 rings (SSSR count). The molecule has 1 saturated heterocycles. The number of rotatable bonds is 4. The van der Waals surface area contributed by atoms with Crippen molar-refractivity contribution in [2.75, 3.05) is 35.9 Å². The lowest BCUT2D eigenvalue weighted by molar-refractivity contribution is 0.122. The van der Waals surface area contributed by atoms with E-state index < -0.39 is 10.0 Å². The molecule has 0 saturated carbocycles. The Bertz CT molecular complexity index is 833. The summed E-state index contributed by atoms with van der Waals surface area (Å²) < 4.78 is 33.1. The molecule has 0 bridgehead atoms. The third-order valence-corrected chi connectivity index (χ3v) is 5.71. The number of aryl methyl sites for hydroxylation is 1. The summed E-state index contributed by atoms with van der Waals surface area (Å²) in [6.07, 6.45) is 0. The lowest BCUT2D eigenvalue weighted by atomic mass is 10.2. The van der Waals surface area contributed by atoms with Crippen molar-refractivity contribution in [1.82, 2.24) is 0 Å². The highest BCUT2D eigenvalue weighted by atomic mass is 35.5. The molecule has 128 valence electrons. The molecule has 24 heavy (non-hydrogen) atoms. The topological polar surface area (TPSA) is 58.6 Å². The highest BCUT2D eigenvalue weighted by Crippen LogP contribution is 2.25. The van der Waals surface area contributed by atoms with Crippen molar-refractivity contribution in [3.8, 4) is 0 Å². The van der Waals surface area contributed by atoms with Gasteiger partial charge in [-0.1, -0.05) is 23.7 Å². The van der Waals surface area contributed by atoms with Crippen LogP contribution in [-0.4, -0.2) is 34.7 Å². The van der Waals surface area contributed by atoms with Crippen LogP contribution in [0.5, 0.6) is 0 Å². The first-order valence-corrected chi connectivity index (χ1v) is 9.53. The molecule has 1 aliphatic heterocycles. The lowest BCUT2D eigenvalue weighted by Gasteiger charge is -2.29. The van der Waals surface area contributed by atoms with Crippen molar-refractivity contribution in [3.05, 3.63) is 53.1 Å². The van der Waals surface area contributed by atoms with Gasteiger partial charge in [0.2, 0.25) is 0 Å². The Morgan fingerprint density at radius 2 is 1.88 bits per heavy atom. The number of halogens is 1. The molecule has 7 heteroatoms. The minimum atomic E-state index is -3.68. The highest BCUT2D eigenvalue weighted by Gasteiger charge is 2.17. The van der Waals surface area contributed by atoms with E-state index in [2.05, 4.69) is 9.62 Å². The molecule has 2 aromatic rings. The van der Waals surface area contributed by atoms with E-state index in [4.69, 9.17) is 16.3 Å². The summed E-state index contributed by atoms with van der Waals surface area (Å²) in [6, 6.07) is 12.1. The van der Waals surface area contributed by atoms with Gasteiger partial charge in [0, 0.05) is 23.8 Å². The number of morpholine rings is 1. The number of hydrogen-bond acceptors (Lipinski definition) is 4. The quantitative estimate of drug-likeness (QED) is 0.902. The van der Waals surface area contributed by atoms with E-state index in [0.29, 0.717) is 23.9 Å². The summed E-state index contributed by atoms with van der Waals surface area (Å²) in [6.45, 7) is 4.78. The lowest BCUT2D eigenvalue weighted by Crippen LogP contribution is -2.36. The third kappa shape index (κ3) is 3.83. The smallest absolute Gasteiger partial charge is 0.261 e. The van der Waals surface area contributed by atoms with Crippen LogP contribution in [0, 0.1) is 6.92 Å². The van der Waals surface area contributed by atoms with Crippen LogP contribution in [0.2, 0.25) is 5.02 Å². The second-order valence-corrected chi connectivity index (χ2v) is 7.76. The summed E-state index contributed by atoms with van der Waals surface area (Å²) in [5.41, 5.74) is 2.33. The monoisotopic (exact) mass is 366 g/mol. The average molecular weight is 367 g/mol. The molecule has 5 nitrogen and oxygen atoms in total. The Morgan fingerprint density at radius 3 is 2.58 bits per heavy atom. The number of nitrogens with zero attached hydrogens (tertiary/aromatic N) is 1. The molecule has 1 aliphatic rings. The fourth-order valence-electron chi connectivity index (χ4n) is 2.54. The second kappa shape index (κ2) is 7.01. The van der Waals surface area contributed by atoms with E-state index in [1.54, 1.807) is 18.2 Å². The summed E-state index contributed by atoms with van der Waals surface area (Å²) in [5, 5.41) is 0.431. The summed E-state index contributed by atoms with van der Waals surface area (Å²) in [5.74, 6) is 0. The fourth-order valence-corrected chi connectivity index (χ4v) is 3.86. The Labute approximate surface area is 147 Å². The predicted molar refractivity (Wildman–Crippen MR) is 96.5 cm³/mol. The molecule has 1 fully saturated rings. The molecule has 0 aromatic heterocycles. The van der Waals surface area contributed by atoms with Gasteiger partial charge in [-0.25, -0.2) is 8.42 Å². The van der Waals surface area contributed by atoms with Gasteiger partial charge in [0.1, 0.15) is 0 Å². The zero-order chi connectivity index (χ0) is 17.2. The molecule has 0 radical (unpaired) electrons. The van der Waals surface area contributed by atoms with Crippen LogP contribution in [0.25, 0.3) is 0 Å². The minimum Gasteiger partial charge on any atom is -0.378 e. The molecular formula is C17H19ClN2O3S. The van der Waals surface area contributed by atoms with Crippen molar-refractivity contribution >= 4 is 33.0 Å². The Kier molecular flexibility index (Phi) is 4.99. The summed E-state index contributed by atoms with van der Waals surface area (Å²) >= 11 is 6.04. The molecule has 0 spiro atoms. The van der Waals surface area contributed by atoms with Crippen LogP contribution in [0.1, 0.15) is 5.56 Å². The number of ether oxygens (including phenoxy) is 1. The van der Waals surface area contributed by atoms with Gasteiger partial charge in [0.25, 0.3) is 10.0 Å². The molecule has 1 N–H and O–H groups in total. The van der Waals surface area contributed by atoms with Gasteiger partial charge >= 0.3 is 0 Å². The van der Waals surface area contributed by atoms with E-state index in [0.717, 1.165) is 24.3 Å². The van der Waals surface area contributed by atoms with Crippen molar-refractivity contribution in [1.29, 1.82) is 0 Å². The van der Waals surface area contributed by atoms with E-state index in [1.807, 2.05) is 25.1 Å². The third-order valence-electron chi connectivity index (χ3n) is 3.93. The molecule has 2 aromatic carbocycles. The molecule has 0 amide bonds. The van der Waals surface area contributed by atoms with Crippen LogP contribution >= 0.6 is 11.6 Å². The van der Waals surface area contributed by atoms with E-state index in [-0.39, 0.29) is 4.90 Å². The minimum absolute atomic E-state index is 0.148. The van der Waals surface area contributed by atoms with Crippen LogP contribution < -0.4 is 9.62 Å². The first-order chi connectivity index (χ1) is 11.5. The average Bonchev–Trinajstić information content (AvgIpc) is 2.58. The van der Waals surface area contributed by atoms with Gasteiger partial charge in [-0.3, -0.25) is 4.72 Å². The summed E-state index contributed by atoms with van der Waals surface area (Å²) in [4.78, 5) is 2.32. The van der Waals surface area contributed by atoms with Gasteiger partial charge in [0.15, 0.2) is 0 Å². The normalized spacial score (nSPS) is 15.3. The number of nitrogens with one attached hydrogen (secondary N) is 1. The van der Waals surface area contributed by atoms with Crippen molar-refractivity contribution in [2.24, 2.45) is 0 Å². The van der Waals surface area contributed by atoms with Gasteiger partial charge in [-0.05, 0) is 42.8 Å². The zero-order valence-corrected chi connectivity index (χ0v) is 14.9.